The number of carbonyl (C=O) groups is 1. The van der Waals surface area contributed by atoms with Gasteiger partial charge < -0.3 is 20.5 Å². The van der Waals surface area contributed by atoms with Crippen molar-refractivity contribution in [2.24, 2.45) is 5.73 Å². The second-order valence-corrected chi connectivity index (χ2v) is 3.49. The van der Waals surface area contributed by atoms with Gasteiger partial charge in [-0.1, -0.05) is 0 Å². The first-order valence-corrected chi connectivity index (χ1v) is 5.48. The van der Waals surface area contributed by atoms with Crippen molar-refractivity contribution < 1.29 is 23.0 Å². The maximum Gasteiger partial charge on any atom is 0.277 e. The summed E-state index contributed by atoms with van der Waals surface area (Å²) >= 11 is 0. The molecule has 0 fully saturated rings. The highest BCUT2D eigenvalue weighted by molar-refractivity contribution is 5.80. The number of rotatable bonds is 9. The van der Waals surface area contributed by atoms with E-state index in [0.717, 1.165) is 0 Å². The first kappa shape index (κ1) is 16.2. The smallest absolute Gasteiger partial charge is 0.277 e. The largest absolute Gasteiger partial charge is 0.379 e. The van der Waals surface area contributed by atoms with Gasteiger partial charge in [0.2, 0.25) is 5.91 Å². The normalized spacial score (nSPS) is 13.5. The molecule has 0 aliphatic rings. The van der Waals surface area contributed by atoms with Crippen molar-refractivity contribution in [2.75, 3.05) is 32.9 Å². The molecule has 0 rings (SSSR count). The predicted molar refractivity (Wildman–Crippen MR) is 58.9 cm³/mol. The van der Waals surface area contributed by atoms with Crippen LogP contribution in [0.2, 0.25) is 0 Å². The summed E-state index contributed by atoms with van der Waals surface area (Å²) in [4.78, 5) is 11.3. The molecule has 0 heterocycles. The Morgan fingerprint density at radius 1 is 1.47 bits per heavy atom. The summed E-state index contributed by atoms with van der Waals surface area (Å²) in [7, 11) is 0. The van der Waals surface area contributed by atoms with Gasteiger partial charge in [0.1, 0.15) is 6.10 Å². The fourth-order valence-electron chi connectivity index (χ4n) is 0.936. The first-order valence-electron chi connectivity index (χ1n) is 5.48. The summed E-state index contributed by atoms with van der Waals surface area (Å²) in [6, 6.07) is 0. The van der Waals surface area contributed by atoms with E-state index in [-0.39, 0.29) is 6.61 Å². The number of carbonyl (C=O) groups excluding carboxylic acids is 1. The van der Waals surface area contributed by atoms with Gasteiger partial charge in [-0.3, -0.25) is 4.79 Å². The summed E-state index contributed by atoms with van der Waals surface area (Å²) in [5, 5.41) is 2.08. The van der Waals surface area contributed by atoms with E-state index in [0.29, 0.717) is 13.2 Å². The second kappa shape index (κ2) is 8.32. The van der Waals surface area contributed by atoms with E-state index >= 15 is 0 Å². The van der Waals surface area contributed by atoms with Gasteiger partial charge in [0.25, 0.3) is 5.92 Å². The Balaban J connectivity index is 3.74. The Bertz CT molecular complexity index is 228. The molecule has 0 bridgehead atoms. The quantitative estimate of drug-likeness (QED) is 0.574. The van der Waals surface area contributed by atoms with Crippen molar-refractivity contribution >= 4 is 5.91 Å². The van der Waals surface area contributed by atoms with Crippen LogP contribution >= 0.6 is 0 Å². The van der Waals surface area contributed by atoms with Crippen molar-refractivity contribution in [1.29, 1.82) is 0 Å². The standard InChI is InChI=1S/C10H20F2N2O3/c1-3-16-4-5-17-8(2)9(15)14-7-10(11,12)6-13/h8H,3-7,13H2,1-2H3,(H,14,15). The molecule has 5 nitrogen and oxygen atoms in total. The highest BCUT2D eigenvalue weighted by Crippen LogP contribution is 2.08. The lowest BCUT2D eigenvalue weighted by Gasteiger charge is -2.17. The van der Waals surface area contributed by atoms with Crippen LogP contribution in [0.5, 0.6) is 0 Å². The topological polar surface area (TPSA) is 73.6 Å². The third-order valence-electron chi connectivity index (χ3n) is 1.99. The summed E-state index contributed by atoms with van der Waals surface area (Å²) in [5.74, 6) is -3.67. The molecule has 17 heavy (non-hydrogen) atoms. The van der Waals surface area contributed by atoms with Gasteiger partial charge >= 0.3 is 0 Å². The van der Waals surface area contributed by atoms with Crippen LogP contribution in [0, 0.1) is 0 Å². The third-order valence-corrected chi connectivity index (χ3v) is 1.99. The molecule has 1 atom stereocenters. The zero-order valence-corrected chi connectivity index (χ0v) is 10.2. The number of nitrogens with two attached hydrogens (primary N) is 1. The summed E-state index contributed by atoms with van der Waals surface area (Å²) in [6.07, 6.45) is -0.788. The van der Waals surface area contributed by atoms with Crippen LogP contribution in [0.15, 0.2) is 0 Å². The maximum atomic E-state index is 12.7. The van der Waals surface area contributed by atoms with E-state index in [1.54, 1.807) is 0 Å². The number of hydrogen-bond donors (Lipinski definition) is 2. The van der Waals surface area contributed by atoms with Crippen LogP contribution in [0.1, 0.15) is 13.8 Å². The predicted octanol–water partition coefficient (Wildman–Crippen LogP) is 0.138. The Labute approximate surface area is 99.6 Å². The van der Waals surface area contributed by atoms with Gasteiger partial charge in [-0.15, -0.1) is 0 Å². The fraction of sp³-hybridized carbons (Fsp3) is 0.900. The van der Waals surface area contributed by atoms with Crippen molar-refractivity contribution in [3.63, 3.8) is 0 Å². The SMILES string of the molecule is CCOCCOC(C)C(=O)NCC(F)(F)CN. The number of ether oxygens (including phenoxy) is 2. The number of halogens is 2. The van der Waals surface area contributed by atoms with Gasteiger partial charge in [-0.05, 0) is 13.8 Å². The van der Waals surface area contributed by atoms with Crippen LogP contribution in [0.4, 0.5) is 8.78 Å². The van der Waals surface area contributed by atoms with E-state index in [1.165, 1.54) is 6.92 Å². The average Bonchev–Trinajstić information content (AvgIpc) is 2.31. The molecule has 0 saturated heterocycles. The van der Waals surface area contributed by atoms with Gasteiger partial charge in [0.15, 0.2) is 0 Å². The lowest BCUT2D eigenvalue weighted by Crippen LogP contribution is -2.45. The molecule has 0 aliphatic heterocycles. The van der Waals surface area contributed by atoms with Crippen molar-refractivity contribution in [1.82, 2.24) is 5.32 Å². The lowest BCUT2D eigenvalue weighted by atomic mass is 10.3. The monoisotopic (exact) mass is 254 g/mol. The molecule has 0 aromatic carbocycles. The molecule has 0 radical (unpaired) electrons. The molecule has 1 unspecified atom stereocenters. The second-order valence-electron chi connectivity index (χ2n) is 3.49. The number of alkyl halides is 2. The molecular weight excluding hydrogens is 234 g/mol. The number of nitrogens with one attached hydrogen (secondary N) is 1. The summed E-state index contributed by atoms with van der Waals surface area (Å²) in [5.41, 5.74) is 4.83. The van der Waals surface area contributed by atoms with Crippen molar-refractivity contribution in [2.45, 2.75) is 25.9 Å². The first-order chi connectivity index (χ1) is 7.93. The molecule has 0 aromatic rings. The van der Waals surface area contributed by atoms with Gasteiger partial charge in [0, 0.05) is 6.61 Å². The van der Waals surface area contributed by atoms with Crippen LogP contribution in [0.25, 0.3) is 0 Å². The zero-order chi connectivity index (χ0) is 13.3. The Morgan fingerprint density at radius 2 is 2.12 bits per heavy atom. The Hall–Kier alpha value is -0.790. The molecule has 0 spiro atoms. The molecule has 102 valence electrons. The minimum atomic E-state index is -3.08. The van der Waals surface area contributed by atoms with Gasteiger partial charge in [-0.2, -0.15) is 0 Å². The molecular formula is C10H20F2N2O3. The van der Waals surface area contributed by atoms with Crippen LogP contribution < -0.4 is 11.1 Å². The fourth-order valence-corrected chi connectivity index (χ4v) is 0.936. The minimum absolute atomic E-state index is 0.246. The van der Waals surface area contributed by atoms with Crippen LogP contribution in [0.3, 0.4) is 0 Å². The highest BCUT2D eigenvalue weighted by Gasteiger charge is 2.28. The zero-order valence-electron chi connectivity index (χ0n) is 10.2. The van der Waals surface area contributed by atoms with E-state index in [9.17, 15) is 13.6 Å². The van der Waals surface area contributed by atoms with Crippen LogP contribution in [-0.2, 0) is 14.3 Å². The molecule has 0 aliphatic carbocycles. The third kappa shape index (κ3) is 8.00. The number of hydrogen-bond acceptors (Lipinski definition) is 4. The molecule has 0 saturated carbocycles. The molecule has 7 heteroatoms. The maximum absolute atomic E-state index is 12.7. The van der Waals surface area contributed by atoms with Gasteiger partial charge in [0.05, 0.1) is 26.3 Å². The average molecular weight is 254 g/mol. The molecule has 0 aromatic heterocycles. The summed E-state index contributed by atoms with van der Waals surface area (Å²) < 4.78 is 35.6. The van der Waals surface area contributed by atoms with Crippen molar-refractivity contribution in [3.05, 3.63) is 0 Å². The van der Waals surface area contributed by atoms with E-state index < -0.39 is 31.0 Å². The van der Waals surface area contributed by atoms with E-state index in [1.807, 2.05) is 6.92 Å². The Morgan fingerprint density at radius 3 is 2.65 bits per heavy atom. The Kier molecular flexibility index (Phi) is 7.94. The number of amides is 1. The van der Waals surface area contributed by atoms with Crippen LogP contribution in [-0.4, -0.2) is 50.8 Å². The van der Waals surface area contributed by atoms with E-state index in [2.05, 4.69) is 5.32 Å². The summed E-state index contributed by atoms with van der Waals surface area (Å²) in [6.45, 7) is 2.93. The molecule has 1 amide bonds. The van der Waals surface area contributed by atoms with E-state index in [4.69, 9.17) is 15.2 Å². The molecule has 3 N–H and O–H groups in total. The highest BCUT2D eigenvalue weighted by atomic mass is 19.3. The van der Waals surface area contributed by atoms with Crippen molar-refractivity contribution in [3.8, 4) is 0 Å². The minimum Gasteiger partial charge on any atom is -0.379 e. The van der Waals surface area contributed by atoms with Gasteiger partial charge in [-0.25, -0.2) is 8.78 Å². The lowest BCUT2D eigenvalue weighted by molar-refractivity contribution is -0.134.